The first kappa shape index (κ1) is 92.7. The number of unbranched alkanes of at least 4 members (excludes halogenated alkanes) is 41. The number of ether oxygens (including phenoxy) is 6. The molecule has 1 amide bonds. The van der Waals surface area contributed by atoms with Crippen LogP contribution in [0.1, 0.15) is 322 Å². The molecule has 101 heavy (non-hydrogen) atoms. The SMILES string of the molecule is CC/C=C\C/C=C\C/C=C\C/C=C\CCCCCCCCCCCCCCCCCCC(=O)NC(COC1OC(CO)C(OC2OC(CO)C(OC3OC(CO)C(O)C(O)C3O)C(O)C2O)C(O)C1O)C(O)/C=C/CCCCCCCCCCCCCCCCCCCCCCCCCCC. The summed E-state index contributed by atoms with van der Waals surface area (Å²) in [6.45, 7) is 1.67. The smallest absolute Gasteiger partial charge is 0.220 e. The summed E-state index contributed by atoms with van der Waals surface area (Å²) >= 11 is 0. The van der Waals surface area contributed by atoms with Crippen LogP contribution in [-0.2, 0) is 33.2 Å². The fourth-order valence-corrected chi connectivity index (χ4v) is 13.8. The molecule has 3 rings (SSSR count). The normalized spacial score (nSPS) is 26.6. The average molecular weight is 1440 g/mol. The van der Waals surface area contributed by atoms with Crippen LogP contribution in [0.15, 0.2) is 60.8 Å². The van der Waals surface area contributed by atoms with E-state index in [9.17, 15) is 61.0 Å². The average Bonchev–Trinajstić information content (AvgIpc) is 0.796. The number of carbonyl (C=O) groups is 1. The lowest BCUT2D eigenvalue weighted by molar-refractivity contribution is -0.379. The monoisotopic (exact) mass is 1440 g/mol. The zero-order valence-corrected chi connectivity index (χ0v) is 63.1. The Bertz CT molecular complexity index is 2060. The van der Waals surface area contributed by atoms with Crippen molar-refractivity contribution in [2.24, 2.45) is 0 Å². The van der Waals surface area contributed by atoms with Crippen molar-refractivity contribution in [3.05, 3.63) is 60.8 Å². The first-order chi connectivity index (χ1) is 49.3. The van der Waals surface area contributed by atoms with Gasteiger partial charge in [-0.2, -0.15) is 0 Å². The Labute approximate surface area is 611 Å². The van der Waals surface area contributed by atoms with Crippen molar-refractivity contribution >= 4 is 5.91 Å². The van der Waals surface area contributed by atoms with Crippen molar-refractivity contribution < 1.29 is 89.4 Å². The van der Waals surface area contributed by atoms with Gasteiger partial charge in [0.05, 0.1) is 38.6 Å². The van der Waals surface area contributed by atoms with E-state index in [2.05, 4.69) is 67.8 Å². The molecule has 0 aromatic heterocycles. The molecule has 3 fully saturated rings. The van der Waals surface area contributed by atoms with E-state index >= 15 is 0 Å². The van der Waals surface area contributed by atoms with Crippen LogP contribution in [0.2, 0.25) is 0 Å². The van der Waals surface area contributed by atoms with Crippen molar-refractivity contribution in [1.82, 2.24) is 5.32 Å². The van der Waals surface area contributed by atoms with Gasteiger partial charge in [-0.05, 0) is 57.8 Å². The van der Waals surface area contributed by atoms with Crippen LogP contribution in [0.4, 0.5) is 0 Å². The van der Waals surface area contributed by atoms with Crippen LogP contribution >= 0.6 is 0 Å². The minimum atomic E-state index is -1.98. The highest BCUT2D eigenvalue weighted by Gasteiger charge is 2.54. The Morgan fingerprint density at radius 1 is 0.366 bits per heavy atom. The van der Waals surface area contributed by atoms with Gasteiger partial charge in [0.25, 0.3) is 0 Å². The first-order valence-electron chi connectivity index (χ1n) is 41.0. The first-order valence-corrected chi connectivity index (χ1v) is 41.0. The van der Waals surface area contributed by atoms with E-state index in [1.807, 2.05) is 6.08 Å². The number of amides is 1. The van der Waals surface area contributed by atoms with Crippen LogP contribution in [0, 0.1) is 0 Å². The van der Waals surface area contributed by atoms with Crippen molar-refractivity contribution in [2.45, 2.75) is 426 Å². The standard InChI is InChI=1S/C82H149NO18/c1-3-5-7-9-11-13-15-17-19-21-23-25-27-29-31-32-34-36-38-40-42-44-46-48-50-52-54-56-58-60-70(88)83-65(66(87)59-57-55-53-51-49-47-45-43-41-39-37-35-33-30-28-26-24-22-20-18-16-14-12-10-8-6-4-2)64-96-80-76(94)73(91)78(68(62-85)98-80)101-82-77(95)74(92)79(69(63-86)99-82)100-81-75(93)72(90)71(89)67(61-84)97-81/h5,7,11,13,17,19,23,25,57,59,65-69,71-82,84-87,89-95H,3-4,6,8-10,12,14-16,18,20-22,24,26-56,58,60-64H2,1-2H3,(H,83,88)/b7-5-,13-11-,19-17-,25-23-,59-57+. The van der Waals surface area contributed by atoms with Crippen LogP contribution < -0.4 is 5.32 Å². The Balaban J connectivity index is 1.37. The summed E-state index contributed by atoms with van der Waals surface area (Å²) in [4.78, 5) is 13.5. The number of aliphatic hydroxyl groups excluding tert-OH is 11. The summed E-state index contributed by atoms with van der Waals surface area (Å²) in [6, 6.07) is -0.976. The van der Waals surface area contributed by atoms with E-state index in [-0.39, 0.29) is 18.9 Å². The van der Waals surface area contributed by atoms with Gasteiger partial charge >= 0.3 is 0 Å². The van der Waals surface area contributed by atoms with Crippen LogP contribution in [0.5, 0.6) is 0 Å². The van der Waals surface area contributed by atoms with Crippen molar-refractivity contribution in [1.29, 1.82) is 0 Å². The molecule has 3 saturated heterocycles. The zero-order valence-electron chi connectivity index (χ0n) is 63.1. The van der Waals surface area contributed by atoms with Gasteiger partial charge in [-0.1, -0.05) is 319 Å². The summed E-state index contributed by atoms with van der Waals surface area (Å²) < 4.78 is 34.5. The second-order valence-electron chi connectivity index (χ2n) is 29.2. The number of aliphatic hydroxyl groups is 11. The van der Waals surface area contributed by atoms with E-state index in [0.717, 1.165) is 70.6 Å². The molecule has 0 aromatic carbocycles. The number of hydrogen-bond acceptors (Lipinski definition) is 18. The number of nitrogens with one attached hydrogen (secondary N) is 1. The molecule has 19 nitrogen and oxygen atoms in total. The molecule has 0 bridgehead atoms. The van der Waals surface area contributed by atoms with E-state index in [1.54, 1.807) is 6.08 Å². The maximum atomic E-state index is 13.5. The van der Waals surface area contributed by atoms with Crippen LogP contribution in [0.25, 0.3) is 0 Å². The fraction of sp³-hybridized carbons (Fsp3) is 0.866. The molecule has 12 N–H and O–H groups in total. The minimum Gasteiger partial charge on any atom is -0.394 e. The molecule has 0 saturated carbocycles. The van der Waals surface area contributed by atoms with E-state index < -0.39 is 124 Å². The van der Waals surface area contributed by atoms with Gasteiger partial charge < -0.3 is 89.9 Å². The highest BCUT2D eigenvalue weighted by molar-refractivity contribution is 5.76. The third-order valence-corrected chi connectivity index (χ3v) is 20.3. The summed E-state index contributed by atoms with van der Waals surface area (Å²) in [7, 11) is 0. The number of hydrogen-bond donors (Lipinski definition) is 12. The Morgan fingerprint density at radius 2 is 0.683 bits per heavy atom. The lowest BCUT2D eigenvalue weighted by Crippen LogP contribution is -2.66. The van der Waals surface area contributed by atoms with Gasteiger partial charge in [0, 0.05) is 6.42 Å². The Hall–Kier alpha value is -2.51. The molecule has 3 heterocycles. The Morgan fingerprint density at radius 3 is 1.07 bits per heavy atom. The van der Waals surface area contributed by atoms with Gasteiger partial charge in [0.1, 0.15) is 73.2 Å². The molecular weight excluding hydrogens is 1290 g/mol. The Kier molecular flexibility index (Phi) is 57.4. The van der Waals surface area contributed by atoms with Gasteiger partial charge in [-0.3, -0.25) is 4.79 Å². The predicted molar refractivity (Wildman–Crippen MR) is 402 cm³/mol. The molecule has 0 spiro atoms. The quantitative estimate of drug-likeness (QED) is 0.0199. The maximum absolute atomic E-state index is 13.5. The molecule has 0 radical (unpaired) electrons. The molecule has 19 heteroatoms. The third-order valence-electron chi connectivity index (χ3n) is 20.3. The van der Waals surface area contributed by atoms with E-state index in [4.69, 9.17) is 28.4 Å². The van der Waals surface area contributed by atoms with E-state index in [1.165, 1.54) is 225 Å². The second kappa shape index (κ2) is 62.5. The highest BCUT2D eigenvalue weighted by atomic mass is 16.8. The zero-order chi connectivity index (χ0) is 73.2. The minimum absolute atomic E-state index is 0.243. The third kappa shape index (κ3) is 42.6. The van der Waals surface area contributed by atoms with E-state index in [0.29, 0.717) is 6.42 Å². The molecule has 3 aliphatic rings. The molecule has 3 aliphatic heterocycles. The molecular formula is C82H149NO18. The predicted octanol–water partition coefficient (Wildman–Crippen LogP) is 13.8. The second-order valence-corrected chi connectivity index (χ2v) is 29.2. The van der Waals surface area contributed by atoms with Crippen LogP contribution in [-0.4, -0.2) is 193 Å². The molecule has 17 atom stereocenters. The molecule has 590 valence electrons. The number of allylic oxidation sites excluding steroid dienone is 9. The van der Waals surface area contributed by atoms with Crippen molar-refractivity contribution in [3.63, 3.8) is 0 Å². The summed E-state index contributed by atoms with van der Waals surface area (Å²) in [6.07, 6.45) is 53.5. The number of carbonyl (C=O) groups excluding carboxylic acids is 1. The van der Waals surface area contributed by atoms with Gasteiger partial charge in [0.2, 0.25) is 5.91 Å². The van der Waals surface area contributed by atoms with Gasteiger partial charge in [-0.15, -0.1) is 0 Å². The lowest BCUT2D eigenvalue weighted by Gasteiger charge is -2.48. The van der Waals surface area contributed by atoms with Gasteiger partial charge in [0.15, 0.2) is 18.9 Å². The van der Waals surface area contributed by atoms with Crippen molar-refractivity contribution in [3.8, 4) is 0 Å². The maximum Gasteiger partial charge on any atom is 0.220 e. The lowest BCUT2D eigenvalue weighted by atomic mass is 9.96. The summed E-state index contributed by atoms with van der Waals surface area (Å²) in [5.74, 6) is -0.272. The van der Waals surface area contributed by atoms with Gasteiger partial charge in [-0.25, -0.2) is 0 Å². The summed E-state index contributed by atoms with van der Waals surface area (Å²) in [5.41, 5.74) is 0. The summed E-state index contributed by atoms with van der Waals surface area (Å²) in [5, 5.41) is 121. The van der Waals surface area contributed by atoms with Crippen molar-refractivity contribution in [2.75, 3.05) is 26.4 Å². The fourth-order valence-electron chi connectivity index (χ4n) is 13.8. The largest absolute Gasteiger partial charge is 0.394 e. The topological polar surface area (TPSA) is 307 Å². The molecule has 17 unspecified atom stereocenters. The highest BCUT2D eigenvalue weighted by Crippen LogP contribution is 2.33. The molecule has 0 aliphatic carbocycles. The number of rotatable bonds is 65. The van der Waals surface area contributed by atoms with Crippen LogP contribution in [0.3, 0.4) is 0 Å². The molecule has 0 aromatic rings.